The molecule has 0 aliphatic carbocycles. The predicted molar refractivity (Wildman–Crippen MR) is 78.2 cm³/mol. The molecular formula is C11H14Cl2N2O5S. The van der Waals surface area contributed by atoms with Crippen molar-refractivity contribution in [2.75, 3.05) is 26.9 Å². The predicted octanol–water partition coefficient (Wildman–Crippen LogP) is 0.782. The number of rotatable bonds is 7. The number of nitrogens with two attached hydrogens (primary N) is 1. The molecule has 0 unspecified atom stereocenters. The number of sulfonamides is 1. The summed E-state index contributed by atoms with van der Waals surface area (Å²) in [7, 11) is -2.42. The van der Waals surface area contributed by atoms with Crippen LogP contribution in [0.2, 0.25) is 10.0 Å². The van der Waals surface area contributed by atoms with Crippen LogP contribution in [0.5, 0.6) is 5.75 Å². The summed E-state index contributed by atoms with van der Waals surface area (Å²) in [6.07, 6.45) is 0. The van der Waals surface area contributed by atoms with E-state index in [0.29, 0.717) is 13.2 Å². The van der Waals surface area contributed by atoms with E-state index in [4.69, 9.17) is 37.8 Å². The molecule has 10 heteroatoms. The first-order valence-electron chi connectivity index (χ1n) is 5.66. The zero-order valence-corrected chi connectivity index (χ0v) is 13.4. The molecule has 7 nitrogen and oxygen atoms in total. The molecule has 1 aromatic rings. The molecular weight excluding hydrogens is 343 g/mol. The van der Waals surface area contributed by atoms with E-state index in [9.17, 15) is 13.2 Å². The van der Waals surface area contributed by atoms with Gasteiger partial charge < -0.3 is 14.8 Å². The average Bonchev–Trinajstić information content (AvgIpc) is 2.36. The van der Waals surface area contributed by atoms with Crippen molar-refractivity contribution in [1.29, 1.82) is 0 Å². The van der Waals surface area contributed by atoms with E-state index in [-0.39, 0.29) is 27.3 Å². The Morgan fingerprint density at radius 3 is 2.38 bits per heavy atom. The molecule has 0 saturated heterocycles. The topological polar surface area (TPSA) is 108 Å². The highest BCUT2D eigenvalue weighted by Gasteiger charge is 2.16. The zero-order valence-electron chi connectivity index (χ0n) is 11.1. The molecule has 3 N–H and O–H groups in total. The van der Waals surface area contributed by atoms with Gasteiger partial charge in [-0.05, 0) is 12.1 Å². The Morgan fingerprint density at radius 2 is 1.90 bits per heavy atom. The molecule has 0 fully saturated rings. The van der Waals surface area contributed by atoms with Crippen LogP contribution in [0.3, 0.4) is 0 Å². The van der Waals surface area contributed by atoms with Crippen molar-refractivity contribution < 1.29 is 22.7 Å². The lowest BCUT2D eigenvalue weighted by Gasteiger charge is -2.11. The molecule has 1 rings (SSSR count). The van der Waals surface area contributed by atoms with Crippen molar-refractivity contribution >= 4 is 39.1 Å². The van der Waals surface area contributed by atoms with Crippen LogP contribution in [0.4, 0.5) is 0 Å². The third-order valence-electron chi connectivity index (χ3n) is 2.28. The molecule has 0 radical (unpaired) electrons. The van der Waals surface area contributed by atoms with Crippen LogP contribution < -0.4 is 15.2 Å². The molecule has 0 heterocycles. The largest absolute Gasteiger partial charge is 0.481 e. The number of halogens is 2. The van der Waals surface area contributed by atoms with Gasteiger partial charge in [-0.1, -0.05) is 23.2 Å². The van der Waals surface area contributed by atoms with Gasteiger partial charge in [-0.25, -0.2) is 13.6 Å². The fraction of sp³-hybridized carbons (Fsp3) is 0.364. The minimum absolute atomic E-state index is 0.00706. The summed E-state index contributed by atoms with van der Waals surface area (Å²) in [5.41, 5.74) is 0. The fourth-order valence-electron chi connectivity index (χ4n) is 1.32. The van der Waals surface area contributed by atoms with E-state index in [2.05, 4.69) is 5.32 Å². The number of amides is 1. The third-order valence-corrected chi connectivity index (χ3v) is 3.73. The standard InChI is InChI=1S/C11H14Cl2N2O5S/c1-19-3-2-15-10(16)6-20-11-8(12)4-7(5-9(11)13)21(14,17)18/h4-5H,2-3,6H2,1H3,(H,15,16)(H2,14,17,18). The molecule has 118 valence electrons. The normalized spacial score (nSPS) is 11.2. The summed E-state index contributed by atoms with van der Waals surface area (Å²) >= 11 is 11.7. The van der Waals surface area contributed by atoms with E-state index in [1.54, 1.807) is 0 Å². The number of carbonyl (C=O) groups is 1. The lowest BCUT2D eigenvalue weighted by atomic mass is 10.3. The molecule has 0 aliphatic heterocycles. The van der Waals surface area contributed by atoms with Gasteiger partial charge in [-0.15, -0.1) is 0 Å². The third kappa shape index (κ3) is 5.68. The lowest BCUT2D eigenvalue weighted by molar-refractivity contribution is -0.123. The minimum atomic E-state index is -3.93. The van der Waals surface area contributed by atoms with Gasteiger partial charge in [0.15, 0.2) is 12.4 Å². The summed E-state index contributed by atoms with van der Waals surface area (Å²) in [6, 6.07) is 2.20. The Hall–Kier alpha value is -1.06. The van der Waals surface area contributed by atoms with Gasteiger partial charge in [-0.3, -0.25) is 4.79 Å². The first-order valence-corrected chi connectivity index (χ1v) is 7.96. The van der Waals surface area contributed by atoms with Crippen molar-refractivity contribution in [2.45, 2.75) is 4.90 Å². The monoisotopic (exact) mass is 356 g/mol. The average molecular weight is 357 g/mol. The van der Waals surface area contributed by atoms with E-state index in [0.717, 1.165) is 12.1 Å². The molecule has 0 spiro atoms. The van der Waals surface area contributed by atoms with Crippen LogP contribution in [-0.2, 0) is 19.6 Å². The number of hydrogen-bond donors (Lipinski definition) is 2. The molecule has 1 amide bonds. The Bertz CT molecular complexity index is 598. The van der Waals surface area contributed by atoms with Crippen molar-refractivity contribution in [3.63, 3.8) is 0 Å². The van der Waals surface area contributed by atoms with Crippen molar-refractivity contribution in [1.82, 2.24) is 5.32 Å². The quantitative estimate of drug-likeness (QED) is 0.702. The van der Waals surface area contributed by atoms with Gasteiger partial charge >= 0.3 is 0 Å². The second-order valence-electron chi connectivity index (χ2n) is 3.89. The molecule has 0 aliphatic rings. The van der Waals surface area contributed by atoms with Gasteiger partial charge in [0.05, 0.1) is 21.5 Å². The number of carbonyl (C=O) groups excluding carboxylic acids is 1. The first kappa shape index (κ1) is 18.0. The smallest absolute Gasteiger partial charge is 0.258 e. The summed E-state index contributed by atoms with van der Waals surface area (Å²) in [4.78, 5) is 11.2. The number of benzene rings is 1. The van der Waals surface area contributed by atoms with Crippen molar-refractivity contribution in [3.8, 4) is 5.75 Å². The Kier molecular flexibility index (Phi) is 6.69. The summed E-state index contributed by atoms with van der Waals surface area (Å²) in [5, 5.41) is 7.39. The summed E-state index contributed by atoms with van der Waals surface area (Å²) < 4.78 is 32.4. The van der Waals surface area contributed by atoms with Crippen molar-refractivity contribution in [2.24, 2.45) is 5.14 Å². The van der Waals surface area contributed by atoms with Crippen LogP contribution in [-0.4, -0.2) is 41.2 Å². The SMILES string of the molecule is COCCNC(=O)COc1c(Cl)cc(S(N)(=O)=O)cc1Cl. The van der Waals surface area contributed by atoms with Crippen LogP contribution >= 0.6 is 23.2 Å². The Balaban J connectivity index is 2.75. The zero-order chi connectivity index (χ0) is 16.0. The molecule has 0 bridgehead atoms. The van der Waals surface area contributed by atoms with Crippen LogP contribution in [0.15, 0.2) is 17.0 Å². The Morgan fingerprint density at radius 1 is 1.33 bits per heavy atom. The minimum Gasteiger partial charge on any atom is -0.481 e. The van der Waals surface area contributed by atoms with E-state index in [1.807, 2.05) is 0 Å². The van der Waals surface area contributed by atoms with Gasteiger partial charge in [0.1, 0.15) is 0 Å². The highest BCUT2D eigenvalue weighted by atomic mass is 35.5. The number of ether oxygens (including phenoxy) is 2. The number of nitrogens with one attached hydrogen (secondary N) is 1. The second kappa shape index (κ2) is 7.81. The van der Waals surface area contributed by atoms with Gasteiger partial charge in [0.2, 0.25) is 10.0 Å². The highest BCUT2D eigenvalue weighted by Crippen LogP contribution is 2.35. The molecule has 1 aromatic carbocycles. The van der Waals surface area contributed by atoms with E-state index < -0.39 is 15.9 Å². The maximum atomic E-state index is 11.4. The Labute approximate surface area is 132 Å². The lowest BCUT2D eigenvalue weighted by Crippen LogP contribution is -2.31. The molecule has 0 atom stereocenters. The fourth-order valence-corrected chi connectivity index (χ4v) is 2.61. The van der Waals surface area contributed by atoms with E-state index in [1.165, 1.54) is 7.11 Å². The number of hydrogen-bond acceptors (Lipinski definition) is 5. The van der Waals surface area contributed by atoms with Crippen LogP contribution in [0.25, 0.3) is 0 Å². The van der Waals surface area contributed by atoms with Crippen LogP contribution in [0.1, 0.15) is 0 Å². The van der Waals surface area contributed by atoms with E-state index >= 15 is 0 Å². The van der Waals surface area contributed by atoms with Gasteiger partial charge in [0, 0.05) is 13.7 Å². The van der Waals surface area contributed by atoms with Crippen LogP contribution in [0, 0.1) is 0 Å². The van der Waals surface area contributed by atoms with Gasteiger partial charge in [-0.2, -0.15) is 0 Å². The maximum absolute atomic E-state index is 11.4. The summed E-state index contributed by atoms with van der Waals surface area (Å²) in [5.74, 6) is -0.387. The molecule has 21 heavy (non-hydrogen) atoms. The number of primary sulfonamides is 1. The maximum Gasteiger partial charge on any atom is 0.258 e. The first-order chi connectivity index (χ1) is 9.75. The molecule has 0 saturated carbocycles. The second-order valence-corrected chi connectivity index (χ2v) is 6.27. The summed E-state index contributed by atoms with van der Waals surface area (Å²) in [6.45, 7) is 0.388. The highest BCUT2D eigenvalue weighted by molar-refractivity contribution is 7.89. The molecule has 0 aromatic heterocycles. The van der Waals surface area contributed by atoms with Crippen molar-refractivity contribution in [3.05, 3.63) is 22.2 Å². The van der Waals surface area contributed by atoms with Gasteiger partial charge in [0.25, 0.3) is 5.91 Å². The number of methoxy groups -OCH3 is 1.